The van der Waals surface area contributed by atoms with Gasteiger partial charge in [0, 0.05) is 68.6 Å². The summed E-state index contributed by atoms with van der Waals surface area (Å²) < 4.78 is 18.2. The summed E-state index contributed by atoms with van der Waals surface area (Å²) in [5, 5.41) is 1.07. The van der Waals surface area contributed by atoms with E-state index in [0.717, 1.165) is 105 Å². The highest BCUT2D eigenvalue weighted by atomic mass is 16.5. The third kappa shape index (κ3) is 5.73. The van der Waals surface area contributed by atoms with Crippen LogP contribution in [0.5, 0.6) is 11.5 Å². The smallest absolute Gasteiger partial charge is 0.225 e. The van der Waals surface area contributed by atoms with E-state index in [-0.39, 0.29) is 6.10 Å². The molecule has 3 aromatic rings. The Labute approximate surface area is 218 Å². The first kappa shape index (κ1) is 24.2. The average Bonchev–Trinajstić information content (AvgIpc) is 3.80. The molecule has 2 aliphatic heterocycles. The summed E-state index contributed by atoms with van der Waals surface area (Å²) in [5.41, 5.74) is 2.99. The minimum atomic E-state index is 0.151. The number of morpholine rings is 1. The van der Waals surface area contributed by atoms with Gasteiger partial charge in [-0.15, -0.1) is 0 Å². The van der Waals surface area contributed by atoms with Crippen molar-refractivity contribution in [2.75, 3.05) is 52.5 Å². The highest BCUT2D eigenvalue weighted by Crippen LogP contribution is 2.37. The number of rotatable bonds is 8. The topological polar surface area (TPSA) is 64.1 Å². The highest BCUT2D eigenvalue weighted by molar-refractivity contribution is 5.92. The van der Waals surface area contributed by atoms with Crippen molar-refractivity contribution in [1.29, 1.82) is 0 Å². The number of carbonyl (C=O) groups excluding carboxylic acids is 1. The maximum atomic E-state index is 12.3. The van der Waals surface area contributed by atoms with Crippen molar-refractivity contribution in [2.45, 2.75) is 31.8 Å². The molecule has 0 atom stereocenters. The van der Waals surface area contributed by atoms with Crippen molar-refractivity contribution in [3.05, 3.63) is 54.7 Å². The van der Waals surface area contributed by atoms with E-state index in [2.05, 4.69) is 40.2 Å². The minimum Gasteiger partial charge on any atom is -0.490 e. The molecule has 2 saturated heterocycles. The summed E-state index contributed by atoms with van der Waals surface area (Å²) in [6, 6.07) is 16.5. The fourth-order valence-electron chi connectivity index (χ4n) is 5.28. The van der Waals surface area contributed by atoms with Crippen molar-refractivity contribution < 1.29 is 19.0 Å². The lowest BCUT2D eigenvalue weighted by atomic mass is 10.0. The largest absolute Gasteiger partial charge is 0.490 e. The Morgan fingerprint density at radius 2 is 1.73 bits per heavy atom. The number of likely N-dealkylation sites (tertiary alicyclic amines) is 1. The standard InChI is InChI=1S/C30H35N3O4/c34-30(24-3-4-24)33-14-11-26(12-15-33)37-25-8-5-22(6-9-25)27-10-7-23-2-1-13-31-28(23)29(27)36-21-18-32-16-19-35-20-17-32/h1-2,5-10,13,24,26H,3-4,11-12,14-21H2. The first-order chi connectivity index (χ1) is 18.2. The minimum absolute atomic E-state index is 0.151. The van der Waals surface area contributed by atoms with Gasteiger partial charge in [-0.2, -0.15) is 0 Å². The Bertz CT molecular complexity index is 1210. The van der Waals surface area contributed by atoms with E-state index >= 15 is 0 Å². The van der Waals surface area contributed by atoms with Crippen molar-refractivity contribution in [3.8, 4) is 22.6 Å². The zero-order valence-electron chi connectivity index (χ0n) is 21.3. The third-order valence-electron chi connectivity index (χ3n) is 7.63. The van der Waals surface area contributed by atoms with E-state index in [1.165, 1.54) is 0 Å². The van der Waals surface area contributed by atoms with Crippen LogP contribution in [0.25, 0.3) is 22.0 Å². The Morgan fingerprint density at radius 3 is 2.49 bits per heavy atom. The van der Waals surface area contributed by atoms with Gasteiger partial charge in [-0.3, -0.25) is 14.7 Å². The molecule has 6 rings (SSSR count). The van der Waals surface area contributed by atoms with Crippen molar-refractivity contribution in [2.24, 2.45) is 5.92 Å². The molecule has 37 heavy (non-hydrogen) atoms. The Kier molecular flexibility index (Phi) is 7.24. The van der Waals surface area contributed by atoms with E-state index in [9.17, 15) is 4.79 Å². The van der Waals surface area contributed by atoms with Gasteiger partial charge in [0.25, 0.3) is 0 Å². The highest BCUT2D eigenvalue weighted by Gasteiger charge is 2.35. The molecule has 3 heterocycles. The molecule has 3 fully saturated rings. The van der Waals surface area contributed by atoms with E-state index in [0.29, 0.717) is 18.4 Å². The second kappa shape index (κ2) is 11.1. The normalized spacial score (nSPS) is 19.2. The molecule has 0 spiro atoms. The average molecular weight is 502 g/mol. The number of amides is 1. The van der Waals surface area contributed by atoms with Crippen LogP contribution in [0, 0.1) is 5.92 Å². The zero-order chi connectivity index (χ0) is 25.0. The molecule has 1 aromatic heterocycles. The number of carbonyl (C=O) groups is 1. The number of fused-ring (bicyclic) bond motifs is 1. The SMILES string of the molecule is O=C(C1CC1)N1CCC(Oc2ccc(-c3ccc4cccnc4c3OCCN3CCOCC3)cc2)CC1. The monoisotopic (exact) mass is 501 g/mol. The number of hydrogen-bond acceptors (Lipinski definition) is 6. The van der Waals surface area contributed by atoms with Crippen LogP contribution in [0.2, 0.25) is 0 Å². The summed E-state index contributed by atoms with van der Waals surface area (Å²) in [6.07, 6.45) is 5.87. The molecule has 194 valence electrons. The molecule has 1 saturated carbocycles. The molecule has 0 bridgehead atoms. The van der Waals surface area contributed by atoms with Gasteiger partial charge in [0.05, 0.1) is 13.2 Å². The summed E-state index contributed by atoms with van der Waals surface area (Å²) in [6.45, 7) is 6.53. The van der Waals surface area contributed by atoms with Crippen molar-refractivity contribution in [1.82, 2.24) is 14.8 Å². The maximum absolute atomic E-state index is 12.3. The van der Waals surface area contributed by atoms with Gasteiger partial charge in [0.2, 0.25) is 5.91 Å². The van der Waals surface area contributed by atoms with E-state index in [4.69, 9.17) is 14.2 Å². The molecule has 0 unspecified atom stereocenters. The van der Waals surface area contributed by atoms with Gasteiger partial charge >= 0.3 is 0 Å². The summed E-state index contributed by atoms with van der Waals surface area (Å²) in [5.74, 6) is 2.33. The number of pyridine rings is 1. The van der Waals surface area contributed by atoms with Crippen LogP contribution in [0.15, 0.2) is 54.7 Å². The Morgan fingerprint density at radius 1 is 0.946 bits per heavy atom. The van der Waals surface area contributed by atoms with Gasteiger partial charge in [-0.1, -0.05) is 24.3 Å². The van der Waals surface area contributed by atoms with Crippen LogP contribution in [0.4, 0.5) is 0 Å². The van der Waals surface area contributed by atoms with Crippen LogP contribution in [0.1, 0.15) is 25.7 Å². The number of ether oxygens (including phenoxy) is 3. The predicted octanol–water partition coefficient (Wildman–Crippen LogP) is 4.39. The van der Waals surface area contributed by atoms with Gasteiger partial charge in [0.1, 0.15) is 24.0 Å². The number of hydrogen-bond donors (Lipinski definition) is 0. The quantitative estimate of drug-likeness (QED) is 0.456. The number of nitrogens with zero attached hydrogens (tertiary/aromatic N) is 3. The second-order valence-corrected chi connectivity index (χ2v) is 10.3. The van der Waals surface area contributed by atoms with Gasteiger partial charge in [0.15, 0.2) is 5.75 Å². The number of aromatic nitrogens is 1. The Balaban J connectivity index is 1.13. The summed E-state index contributed by atoms with van der Waals surface area (Å²) in [7, 11) is 0. The fourth-order valence-corrected chi connectivity index (χ4v) is 5.28. The zero-order valence-corrected chi connectivity index (χ0v) is 21.3. The third-order valence-corrected chi connectivity index (χ3v) is 7.63. The summed E-state index contributed by atoms with van der Waals surface area (Å²) >= 11 is 0. The van der Waals surface area contributed by atoms with Gasteiger partial charge in [-0.05, 0) is 42.7 Å². The maximum Gasteiger partial charge on any atom is 0.225 e. The molecule has 2 aromatic carbocycles. The van der Waals surface area contributed by atoms with Crippen LogP contribution >= 0.6 is 0 Å². The molecular weight excluding hydrogens is 466 g/mol. The molecule has 7 nitrogen and oxygen atoms in total. The summed E-state index contributed by atoms with van der Waals surface area (Å²) in [4.78, 5) is 21.4. The van der Waals surface area contributed by atoms with Crippen LogP contribution in [-0.4, -0.2) is 79.3 Å². The molecule has 0 N–H and O–H groups in total. The van der Waals surface area contributed by atoms with Crippen LogP contribution in [0.3, 0.4) is 0 Å². The van der Waals surface area contributed by atoms with E-state index in [1.807, 2.05) is 29.3 Å². The lowest BCUT2D eigenvalue weighted by Crippen LogP contribution is -2.42. The van der Waals surface area contributed by atoms with Crippen LogP contribution < -0.4 is 9.47 Å². The van der Waals surface area contributed by atoms with Gasteiger partial charge in [-0.25, -0.2) is 0 Å². The fraction of sp³-hybridized carbons (Fsp3) is 0.467. The second-order valence-electron chi connectivity index (χ2n) is 10.3. The molecule has 1 amide bonds. The molecule has 7 heteroatoms. The molecule has 1 aliphatic carbocycles. The lowest BCUT2D eigenvalue weighted by Gasteiger charge is -2.32. The van der Waals surface area contributed by atoms with Gasteiger partial charge < -0.3 is 19.1 Å². The van der Waals surface area contributed by atoms with Crippen LogP contribution in [-0.2, 0) is 9.53 Å². The first-order valence-electron chi connectivity index (χ1n) is 13.6. The molecular formula is C30H35N3O4. The molecule has 0 radical (unpaired) electrons. The predicted molar refractivity (Wildman–Crippen MR) is 143 cm³/mol. The Hall–Kier alpha value is -3.16. The van der Waals surface area contributed by atoms with Crippen molar-refractivity contribution >= 4 is 16.8 Å². The van der Waals surface area contributed by atoms with E-state index < -0.39 is 0 Å². The number of benzene rings is 2. The number of piperidine rings is 1. The van der Waals surface area contributed by atoms with E-state index in [1.54, 1.807) is 0 Å². The first-order valence-corrected chi connectivity index (χ1v) is 13.6. The van der Waals surface area contributed by atoms with Crippen molar-refractivity contribution in [3.63, 3.8) is 0 Å². The lowest BCUT2D eigenvalue weighted by molar-refractivity contribution is -0.134. The molecule has 3 aliphatic rings.